The smallest absolute Gasteiger partial charge is 0.330 e. The van der Waals surface area contributed by atoms with E-state index < -0.39 is 0 Å². The van der Waals surface area contributed by atoms with Crippen LogP contribution in [0.5, 0.6) is 0 Å². The van der Waals surface area contributed by atoms with E-state index in [2.05, 4.69) is 27.0 Å². The lowest BCUT2D eigenvalue weighted by Gasteiger charge is -2.10. The van der Waals surface area contributed by atoms with Crippen molar-refractivity contribution in [3.8, 4) is 0 Å². The minimum absolute atomic E-state index is 0.0282. The van der Waals surface area contributed by atoms with Gasteiger partial charge in [0, 0.05) is 12.2 Å². The molecule has 0 amide bonds. The van der Waals surface area contributed by atoms with Crippen LogP contribution in [0, 0.1) is 0 Å². The van der Waals surface area contributed by atoms with E-state index in [4.69, 9.17) is 9.47 Å². The van der Waals surface area contributed by atoms with E-state index in [0.29, 0.717) is 6.61 Å². The molecular weight excluding hydrogens is 280 g/mol. The fourth-order valence-electron chi connectivity index (χ4n) is 1.56. The van der Waals surface area contributed by atoms with Crippen LogP contribution in [0.15, 0.2) is 25.3 Å². The van der Waals surface area contributed by atoms with E-state index in [9.17, 15) is 9.59 Å². The lowest BCUT2D eigenvalue weighted by molar-refractivity contribution is -0.142. The van der Waals surface area contributed by atoms with Crippen LogP contribution in [0.25, 0.3) is 0 Å². The number of esters is 2. The van der Waals surface area contributed by atoms with Gasteiger partial charge >= 0.3 is 11.9 Å². The van der Waals surface area contributed by atoms with Crippen molar-refractivity contribution in [3.05, 3.63) is 25.3 Å². The molecule has 128 valence electrons. The molecule has 0 radical (unpaired) electrons. The van der Waals surface area contributed by atoms with E-state index in [0.717, 1.165) is 32.1 Å². The van der Waals surface area contributed by atoms with Gasteiger partial charge in [0.05, 0.1) is 12.7 Å². The third-order valence-corrected chi connectivity index (χ3v) is 2.86. The second-order valence-electron chi connectivity index (χ2n) is 5.03. The molecule has 0 rings (SSSR count). The van der Waals surface area contributed by atoms with Gasteiger partial charge in [-0.05, 0) is 19.8 Å². The molecule has 4 nitrogen and oxygen atoms in total. The van der Waals surface area contributed by atoms with Crippen molar-refractivity contribution < 1.29 is 19.1 Å². The molecule has 0 saturated carbocycles. The molecule has 0 aromatic carbocycles. The Morgan fingerprint density at radius 3 is 2.05 bits per heavy atom. The zero-order valence-electron chi connectivity index (χ0n) is 14.4. The summed E-state index contributed by atoms with van der Waals surface area (Å²) < 4.78 is 9.73. The molecule has 0 bridgehead atoms. The third-order valence-electron chi connectivity index (χ3n) is 2.86. The maximum absolute atomic E-state index is 10.6. The Bertz CT molecular complexity index is 310. The first-order valence-electron chi connectivity index (χ1n) is 8.13. The Kier molecular flexibility index (Phi) is 18.0. The van der Waals surface area contributed by atoms with Crippen LogP contribution in [0.2, 0.25) is 0 Å². The molecular formula is C18H32O4. The van der Waals surface area contributed by atoms with E-state index in [-0.39, 0.29) is 18.0 Å². The number of ether oxygens (including phenoxy) is 2. The van der Waals surface area contributed by atoms with Crippen LogP contribution in [0.1, 0.15) is 65.7 Å². The normalized spacial score (nSPS) is 10.7. The molecule has 0 aliphatic rings. The largest absolute Gasteiger partial charge is 0.463 e. The van der Waals surface area contributed by atoms with Crippen LogP contribution in [0.4, 0.5) is 0 Å². The molecule has 0 spiro atoms. The number of carbonyl (C=O) groups is 2. The first-order chi connectivity index (χ1) is 10.5. The number of carbonyl (C=O) groups excluding carboxylic acids is 2. The molecule has 0 aliphatic carbocycles. The number of unbranched alkanes of at least 4 members (excludes halogenated alkanes) is 4. The SMILES string of the molecule is C=CC(=O)OC(C)CCCC.C=CC(=O)OCCCCCC. The molecule has 0 saturated heterocycles. The van der Waals surface area contributed by atoms with Gasteiger partial charge in [0.25, 0.3) is 0 Å². The average Bonchev–Trinajstić information content (AvgIpc) is 2.52. The van der Waals surface area contributed by atoms with E-state index >= 15 is 0 Å². The summed E-state index contributed by atoms with van der Waals surface area (Å²) >= 11 is 0. The van der Waals surface area contributed by atoms with Crippen molar-refractivity contribution in [2.45, 2.75) is 71.8 Å². The molecule has 1 atom stereocenters. The van der Waals surface area contributed by atoms with Crippen LogP contribution >= 0.6 is 0 Å². The quantitative estimate of drug-likeness (QED) is 0.318. The van der Waals surface area contributed by atoms with Crippen LogP contribution in [-0.4, -0.2) is 24.6 Å². The summed E-state index contributed by atoms with van der Waals surface area (Å²) in [5.41, 5.74) is 0. The van der Waals surface area contributed by atoms with Crippen molar-refractivity contribution in [2.75, 3.05) is 6.61 Å². The van der Waals surface area contributed by atoms with Crippen molar-refractivity contribution in [1.82, 2.24) is 0 Å². The summed E-state index contributed by atoms with van der Waals surface area (Å²) in [6, 6.07) is 0. The first kappa shape index (κ1) is 22.7. The Labute approximate surface area is 135 Å². The summed E-state index contributed by atoms with van der Waals surface area (Å²) in [6.45, 7) is 13.3. The molecule has 0 heterocycles. The van der Waals surface area contributed by atoms with Crippen molar-refractivity contribution in [1.29, 1.82) is 0 Å². The van der Waals surface area contributed by atoms with E-state index in [1.807, 2.05) is 6.92 Å². The van der Waals surface area contributed by atoms with Gasteiger partial charge < -0.3 is 9.47 Å². The molecule has 0 fully saturated rings. The summed E-state index contributed by atoms with van der Waals surface area (Å²) in [5, 5.41) is 0. The topological polar surface area (TPSA) is 52.6 Å². The zero-order chi connectivity index (χ0) is 17.2. The van der Waals surface area contributed by atoms with Crippen molar-refractivity contribution in [2.24, 2.45) is 0 Å². The molecule has 0 aromatic rings. The molecule has 0 aromatic heterocycles. The Hall–Kier alpha value is -1.58. The fraction of sp³-hybridized carbons (Fsp3) is 0.667. The lowest BCUT2D eigenvalue weighted by Crippen LogP contribution is -2.12. The van der Waals surface area contributed by atoms with Gasteiger partial charge in [-0.15, -0.1) is 0 Å². The van der Waals surface area contributed by atoms with E-state index in [1.165, 1.54) is 25.0 Å². The monoisotopic (exact) mass is 312 g/mol. The average molecular weight is 312 g/mol. The molecule has 22 heavy (non-hydrogen) atoms. The van der Waals surface area contributed by atoms with Gasteiger partial charge in [0.1, 0.15) is 0 Å². The van der Waals surface area contributed by atoms with Crippen LogP contribution in [-0.2, 0) is 19.1 Å². The van der Waals surface area contributed by atoms with Gasteiger partial charge in [-0.2, -0.15) is 0 Å². The summed E-state index contributed by atoms with van der Waals surface area (Å²) in [5.74, 6) is -0.643. The number of hydrogen-bond donors (Lipinski definition) is 0. The minimum Gasteiger partial charge on any atom is -0.463 e. The molecule has 4 heteroatoms. The summed E-state index contributed by atoms with van der Waals surface area (Å²) in [7, 11) is 0. The minimum atomic E-state index is -0.325. The summed E-state index contributed by atoms with van der Waals surface area (Å²) in [4.78, 5) is 21.1. The molecule has 0 aliphatic heterocycles. The maximum Gasteiger partial charge on any atom is 0.330 e. The highest BCUT2D eigenvalue weighted by atomic mass is 16.5. The second kappa shape index (κ2) is 17.5. The van der Waals surface area contributed by atoms with Crippen LogP contribution < -0.4 is 0 Å². The van der Waals surface area contributed by atoms with Gasteiger partial charge in [-0.1, -0.05) is 59.1 Å². The first-order valence-corrected chi connectivity index (χ1v) is 8.13. The maximum atomic E-state index is 10.6. The third kappa shape index (κ3) is 18.4. The Balaban J connectivity index is 0. The standard InChI is InChI=1S/2C9H16O2/c1-4-6-7-8(3)11-9(10)5-2;1-3-5-6-7-8-11-9(10)4-2/h5,8H,2,4,6-7H2,1,3H3;4H,2-3,5-8H2,1H3. The molecule has 1 unspecified atom stereocenters. The predicted molar refractivity (Wildman–Crippen MR) is 90.6 cm³/mol. The highest BCUT2D eigenvalue weighted by molar-refractivity contribution is 5.81. The number of hydrogen-bond acceptors (Lipinski definition) is 4. The predicted octanol–water partition coefficient (Wildman–Crippen LogP) is 4.59. The van der Waals surface area contributed by atoms with Gasteiger partial charge in [-0.3, -0.25) is 0 Å². The van der Waals surface area contributed by atoms with Crippen molar-refractivity contribution >= 4 is 11.9 Å². The Morgan fingerprint density at radius 1 is 0.955 bits per heavy atom. The fourth-order valence-corrected chi connectivity index (χ4v) is 1.56. The number of rotatable bonds is 11. The highest BCUT2D eigenvalue weighted by Crippen LogP contribution is 2.03. The van der Waals surface area contributed by atoms with Crippen LogP contribution in [0.3, 0.4) is 0 Å². The second-order valence-corrected chi connectivity index (χ2v) is 5.03. The van der Waals surface area contributed by atoms with Crippen molar-refractivity contribution in [3.63, 3.8) is 0 Å². The highest BCUT2D eigenvalue weighted by Gasteiger charge is 2.04. The molecule has 0 N–H and O–H groups in total. The zero-order valence-corrected chi connectivity index (χ0v) is 14.4. The van der Waals surface area contributed by atoms with Gasteiger partial charge in [0.15, 0.2) is 0 Å². The van der Waals surface area contributed by atoms with Gasteiger partial charge in [0.2, 0.25) is 0 Å². The lowest BCUT2D eigenvalue weighted by atomic mass is 10.2. The van der Waals surface area contributed by atoms with Gasteiger partial charge in [-0.25, -0.2) is 9.59 Å². The summed E-state index contributed by atoms with van der Waals surface area (Å²) in [6.07, 6.45) is 10.1. The Morgan fingerprint density at radius 2 is 1.55 bits per heavy atom. The van der Waals surface area contributed by atoms with E-state index in [1.54, 1.807) is 0 Å².